The number of amides is 1. The summed E-state index contributed by atoms with van der Waals surface area (Å²) in [6.07, 6.45) is 0.876. The highest BCUT2D eigenvalue weighted by atomic mass is 16.2. The molecule has 0 unspecified atom stereocenters. The SMILES string of the molecule is CC[C@H](C)[C@H](N)C(=O)Nc1cccc2ccc(C)nc12. The van der Waals surface area contributed by atoms with Crippen molar-refractivity contribution in [3.05, 3.63) is 36.0 Å². The van der Waals surface area contributed by atoms with Gasteiger partial charge in [-0.3, -0.25) is 9.78 Å². The predicted molar refractivity (Wildman–Crippen MR) is 82.5 cm³/mol. The van der Waals surface area contributed by atoms with Crippen molar-refractivity contribution in [2.45, 2.75) is 33.2 Å². The van der Waals surface area contributed by atoms with Gasteiger partial charge >= 0.3 is 0 Å². The first-order valence-corrected chi connectivity index (χ1v) is 6.95. The highest BCUT2D eigenvalue weighted by Gasteiger charge is 2.20. The third-order valence-electron chi connectivity index (χ3n) is 3.68. The molecule has 0 radical (unpaired) electrons. The van der Waals surface area contributed by atoms with E-state index in [0.29, 0.717) is 0 Å². The van der Waals surface area contributed by atoms with E-state index in [1.807, 2.05) is 51.1 Å². The minimum atomic E-state index is -0.500. The van der Waals surface area contributed by atoms with Crippen LogP contribution in [0.1, 0.15) is 26.0 Å². The molecule has 2 aromatic rings. The monoisotopic (exact) mass is 271 g/mol. The summed E-state index contributed by atoms with van der Waals surface area (Å²) in [5.74, 6) is -0.00479. The summed E-state index contributed by atoms with van der Waals surface area (Å²) in [5, 5.41) is 3.91. The molecule has 1 amide bonds. The van der Waals surface area contributed by atoms with Crippen molar-refractivity contribution in [2.75, 3.05) is 5.32 Å². The van der Waals surface area contributed by atoms with Gasteiger partial charge in [-0.1, -0.05) is 38.5 Å². The van der Waals surface area contributed by atoms with Crippen LogP contribution in [0.15, 0.2) is 30.3 Å². The molecular formula is C16H21N3O. The number of aryl methyl sites for hydroxylation is 1. The van der Waals surface area contributed by atoms with E-state index in [9.17, 15) is 4.79 Å². The molecule has 0 saturated carbocycles. The molecule has 0 saturated heterocycles. The first kappa shape index (κ1) is 14.5. The summed E-state index contributed by atoms with van der Waals surface area (Å²) in [7, 11) is 0. The molecule has 0 aliphatic heterocycles. The smallest absolute Gasteiger partial charge is 0.241 e. The second-order valence-corrected chi connectivity index (χ2v) is 5.23. The van der Waals surface area contributed by atoms with Gasteiger partial charge in [0.15, 0.2) is 0 Å². The summed E-state index contributed by atoms with van der Waals surface area (Å²) >= 11 is 0. The number of anilines is 1. The zero-order chi connectivity index (χ0) is 14.7. The molecule has 0 bridgehead atoms. The number of hydrogen-bond donors (Lipinski definition) is 2. The lowest BCUT2D eigenvalue weighted by Crippen LogP contribution is -2.40. The molecule has 106 valence electrons. The third-order valence-corrected chi connectivity index (χ3v) is 3.68. The minimum Gasteiger partial charge on any atom is -0.323 e. The third kappa shape index (κ3) is 2.96. The molecule has 3 N–H and O–H groups in total. The standard InChI is InChI=1S/C16H21N3O/c1-4-10(2)14(17)16(20)19-13-7-5-6-12-9-8-11(3)18-15(12)13/h5-10,14H,4,17H2,1-3H3,(H,19,20)/t10-,14-/m0/s1. The van der Waals surface area contributed by atoms with Crippen LogP contribution in [-0.4, -0.2) is 16.9 Å². The number of benzene rings is 1. The topological polar surface area (TPSA) is 68.0 Å². The molecule has 4 heteroatoms. The molecule has 0 spiro atoms. The van der Waals surface area contributed by atoms with Crippen LogP contribution in [0.25, 0.3) is 10.9 Å². The summed E-state index contributed by atoms with van der Waals surface area (Å²) in [6, 6.07) is 9.20. The fourth-order valence-electron chi connectivity index (χ4n) is 2.07. The molecule has 0 aliphatic rings. The van der Waals surface area contributed by atoms with Crippen molar-refractivity contribution < 1.29 is 4.79 Å². The van der Waals surface area contributed by atoms with Gasteiger partial charge in [-0.2, -0.15) is 0 Å². The maximum atomic E-state index is 12.2. The number of hydrogen-bond acceptors (Lipinski definition) is 3. The van der Waals surface area contributed by atoms with E-state index in [1.54, 1.807) is 0 Å². The number of carbonyl (C=O) groups is 1. The highest BCUT2D eigenvalue weighted by Crippen LogP contribution is 2.22. The first-order valence-electron chi connectivity index (χ1n) is 6.95. The number of rotatable bonds is 4. The van der Waals surface area contributed by atoms with E-state index < -0.39 is 6.04 Å². The average Bonchev–Trinajstić information content (AvgIpc) is 2.46. The Kier molecular flexibility index (Phi) is 4.35. The predicted octanol–water partition coefficient (Wildman–Crippen LogP) is 2.86. The first-order chi connectivity index (χ1) is 9.52. The molecule has 1 aromatic heterocycles. The van der Waals surface area contributed by atoms with Gasteiger partial charge in [-0.25, -0.2) is 0 Å². The normalized spacial score (nSPS) is 14.0. The van der Waals surface area contributed by atoms with Gasteiger partial charge in [-0.15, -0.1) is 0 Å². The van der Waals surface area contributed by atoms with Crippen LogP contribution in [0.2, 0.25) is 0 Å². The highest BCUT2D eigenvalue weighted by molar-refractivity contribution is 6.02. The zero-order valence-electron chi connectivity index (χ0n) is 12.2. The van der Waals surface area contributed by atoms with Gasteiger partial charge in [0.1, 0.15) is 0 Å². The van der Waals surface area contributed by atoms with Gasteiger partial charge < -0.3 is 11.1 Å². The maximum Gasteiger partial charge on any atom is 0.241 e. The molecule has 0 aliphatic carbocycles. The number of aromatic nitrogens is 1. The summed E-state index contributed by atoms with van der Waals surface area (Å²) in [6.45, 7) is 5.94. The van der Waals surface area contributed by atoms with Crippen LogP contribution in [0.3, 0.4) is 0 Å². The molecule has 4 nitrogen and oxygen atoms in total. The van der Waals surface area contributed by atoms with Crippen molar-refractivity contribution in [3.8, 4) is 0 Å². The Labute approximate surface area is 119 Å². The fourth-order valence-corrected chi connectivity index (χ4v) is 2.07. The van der Waals surface area contributed by atoms with Crippen LogP contribution in [0.5, 0.6) is 0 Å². The average molecular weight is 271 g/mol. The largest absolute Gasteiger partial charge is 0.323 e. The van der Waals surface area contributed by atoms with Gasteiger partial charge in [0.2, 0.25) is 5.91 Å². The van der Waals surface area contributed by atoms with Crippen molar-refractivity contribution in [2.24, 2.45) is 11.7 Å². The van der Waals surface area contributed by atoms with Crippen molar-refractivity contribution in [3.63, 3.8) is 0 Å². The van der Waals surface area contributed by atoms with Gasteiger partial charge in [0.25, 0.3) is 0 Å². The van der Waals surface area contributed by atoms with Crippen molar-refractivity contribution in [1.29, 1.82) is 0 Å². The Morgan fingerprint density at radius 2 is 2.10 bits per heavy atom. The maximum absolute atomic E-state index is 12.2. The van der Waals surface area contributed by atoms with E-state index in [-0.39, 0.29) is 11.8 Å². The number of pyridine rings is 1. The lowest BCUT2D eigenvalue weighted by atomic mass is 9.99. The minimum absolute atomic E-state index is 0.152. The summed E-state index contributed by atoms with van der Waals surface area (Å²) in [4.78, 5) is 16.7. The number of nitrogens with two attached hydrogens (primary N) is 1. The van der Waals surface area contributed by atoms with Crippen molar-refractivity contribution in [1.82, 2.24) is 4.98 Å². The Morgan fingerprint density at radius 3 is 2.80 bits per heavy atom. The number of nitrogens with one attached hydrogen (secondary N) is 1. The molecule has 20 heavy (non-hydrogen) atoms. The molecule has 2 atom stereocenters. The number of carbonyl (C=O) groups excluding carboxylic acids is 1. The van der Waals surface area contributed by atoms with Crippen molar-refractivity contribution >= 4 is 22.5 Å². The number of fused-ring (bicyclic) bond motifs is 1. The summed E-state index contributed by atoms with van der Waals surface area (Å²) < 4.78 is 0. The molecule has 1 heterocycles. The molecule has 1 aromatic carbocycles. The quantitative estimate of drug-likeness (QED) is 0.898. The van der Waals surface area contributed by atoms with Crippen LogP contribution in [-0.2, 0) is 4.79 Å². The Balaban J connectivity index is 2.30. The van der Waals surface area contributed by atoms with Gasteiger partial charge in [0, 0.05) is 11.1 Å². The molecule has 0 fully saturated rings. The van der Waals surface area contributed by atoms with Gasteiger partial charge in [0.05, 0.1) is 17.2 Å². The van der Waals surface area contributed by atoms with E-state index in [0.717, 1.165) is 28.7 Å². The Bertz CT molecular complexity index is 624. The molecular weight excluding hydrogens is 250 g/mol. The second kappa shape index (κ2) is 6.01. The second-order valence-electron chi connectivity index (χ2n) is 5.23. The zero-order valence-corrected chi connectivity index (χ0v) is 12.2. The lowest BCUT2D eigenvalue weighted by molar-refractivity contribution is -0.118. The van der Waals surface area contributed by atoms with E-state index in [4.69, 9.17) is 5.73 Å². The Hall–Kier alpha value is -1.94. The van der Waals surface area contributed by atoms with E-state index in [2.05, 4.69) is 10.3 Å². The van der Waals surface area contributed by atoms with Crippen LogP contribution >= 0.6 is 0 Å². The number of nitrogens with zero attached hydrogens (tertiary/aromatic N) is 1. The van der Waals surface area contributed by atoms with E-state index in [1.165, 1.54) is 0 Å². The fraction of sp³-hybridized carbons (Fsp3) is 0.375. The lowest BCUT2D eigenvalue weighted by Gasteiger charge is -2.18. The summed E-state index contributed by atoms with van der Waals surface area (Å²) in [5.41, 5.74) is 8.40. The van der Waals surface area contributed by atoms with Gasteiger partial charge in [-0.05, 0) is 25.0 Å². The van der Waals surface area contributed by atoms with Crippen LogP contribution in [0, 0.1) is 12.8 Å². The Morgan fingerprint density at radius 1 is 1.35 bits per heavy atom. The number of para-hydroxylation sites is 1. The van der Waals surface area contributed by atoms with Crippen LogP contribution in [0.4, 0.5) is 5.69 Å². The van der Waals surface area contributed by atoms with E-state index >= 15 is 0 Å². The molecule has 2 rings (SSSR count). The van der Waals surface area contributed by atoms with Crippen LogP contribution < -0.4 is 11.1 Å².